The number of likely N-dealkylation sites (N-methyl/N-ethyl adjacent to an activating group) is 2. The molecule has 1 aliphatic heterocycles. The number of aromatic nitrogens is 1. The molecule has 5 nitrogen and oxygen atoms in total. The third kappa shape index (κ3) is 3.00. The number of nitrogens with one attached hydrogen (secondary N) is 1. The quantitative estimate of drug-likeness (QED) is 0.876. The Kier molecular flexibility index (Phi) is 4.18. The van der Waals surface area contributed by atoms with Gasteiger partial charge >= 0.3 is 5.97 Å². The number of fused-ring (bicyclic) bond motifs is 3. The zero-order valence-corrected chi connectivity index (χ0v) is 13.5. The van der Waals surface area contributed by atoms with Gasteiger partial charge < -0.3 is 19.5 Å². The van der Waals surface area contributed by atoms with Crippen LogP contribution >= 0.6 is 0 Å². The molecule has 2 heterocycles. The van der Waals surface area contributed by atoms with Gasteiger partial charge in [-0.1, -0.05) is 0 Å². The van der Waals surface area contributed by atoms with Crippen LogP contribution in [0.2, 0.25) is 0 Å². The van der Waals surface area contributed by atoms with Gasteiger partial charge in [0.05, 0.1) is 5.56 Å². The first-order valence-corrected chi connectivity index (χ1v) is 7.68. The molecule has 0 fully saturated rings. The molecule has 0 unspecified atom stereocenters. The third-order valence-electron chi connectivity index (χ3n) is 4.17. The Morgan fingerprint density at radius 3 is 3.00 bits per heavy atom. The van der Waals surface area contributed by atoms with Crippen molar-refractivity contribution in [3.63, 3.8) is 0 Å². The van der Waals surface area contributed by atoms with Crippen molar-refractivity contribution in [1.29, 1.82) is 0 Å². The summed E-state index contributed by atoms with van der Waals surface area (Å²) in [6, 6.07) is 5.78. The summed E-state index contributed by atoms with van der Waals surface area (Å²) in [6.07, 6.45) is 1.03. The van der Waals surface area contributed by atoms with Crippen molar-refractivity contribution in [2.75, 3.05) is 40.8 Å². The average molecular weight is 301 g/mol. The predicted octanol–water partition coefficient (Wildman–Crippen LogP) is 1.87. The smallest absolute Gasteiger partial charge is 0.338 e. The summed E-state index contributed by atoms with van der Waals surface area (Å²) >= 11 is 0. The van der Waals surface area contributed by atoms with Crippen LogP contribution in [0.5, 0.6) is 0 Å². The first-order valence-electron chi connectivity index (χ1n) is 7.68. The van der Waals surface area contributed by atoms with E-state index >= 15 is 0 Å². The highest BCUT2D eigenvalue weighted by Gasteiger charge is 2.19. The Morgan fingerprint density at radius 2 is 2.23 bits per heavy atom. The fourth-order valence-corrected chi connectivity index (χ4v) is 2.88. The molecule has 1 N–H and O–H groups in total. The maximum absolute atomic E-state index is 12.2. The van der Waals surface area contributed by atoms with Crippen LogP contribution in [0.3, 0.4) is 0 Å². The molecule has 1 aliphatic rings. The van der Waals surface area contributed by atoms with E-state index in [9.17, 15) is 4.79 Å². The van der Waals surface area contributed by atoms with Crippen molar-refractivity contribution >= 4 is 16.9 Å². The number of nitrogens with zero attached hydrogens (tertiary/aromatic N) is 2. The minimum absolute atomic E-state index is 0.247. The zero-order valence-electron chi connectivity index (χ0n) is 13.5. The second-order valence-corrected chi connectivity index (χ2v) is 6.27. The lowest BCUT2D eigenvalue weighted by molar-refractivity contribution is 0.0482. The Bertz CT molecular complexity index is 691. The van der Waals surface area contributed by atoms with Crippen molar-refractivity contribution in [3.05, 3.63) is 35.0 Å². The summed E-state index contributed by atoms with van der Waals surface area (Å²) in [5, 5.41) is 1.14. The molecule has 0 saturated carbocycles. The lowest BCUT2D eigenvalue weighted by Crippen LogP contribution is -2.26. The van der Waals surface area contributed by atoms with Crippen molar-refractivity contribution < 1.29 is 9.53 Å². The molecule has 5 heteroatoms. The van der Waals surface area contributed by atoms with Gasteiger partial charge in [0.2, 0.25) is 0 Å². The minimum Gasteiger partial charge on any atom is -0.461 e. The molecule has 1 aromatic carbocycles. The molecule has 118 valence electrons. The number of aromatic amines is 1. The number of esters is 1. The molecule has 0 radical (unpaired) electrons. The number of carbonyl (C=O) groups excluding carboxylic acids is 1. The van der Waals surface area contributed by atoms with E-state index in [0.29, 0.717) is 12.2 Å². The van der Waals surface area contributed by atoms with Crippen LogP contribution < -0.4 is 0 Å². The predicted molar refractivity (Wildman–Crippen MR) is 87.2 cm³/mol. The Morgan fingerprint density at radius 1 is 1.41 bits per heavy atom. The van der Waals surface area contributed by atoms with Gasteiger partial charge in [0.25, 0.3) is 0 Å². The van der Waals surface area contributed by atoms with E-state index in [2.05, 4.69) is 16.9 Å². The van der Waals surface area contributed by atoms with Gasteiger partial charge in [0.15, 0.2) is 0 Å². The van der Waals surface area contributed by atoms with E-state index in [1.54, 1.807) is 0 Å². The van der Waals surface area contributed by atoms with Crippen LogP contribution in [0.1, 0.15) is 21.6 Å². The maximum atomic E-state index is 12.2. The molecule has 3 rings (SSSR count). The lowest BCUT2D eigenvalue weighted by Gasteiger charge is -2.22. The van der Waals surface area contributed by atoms with Crippen molar-refractivity contribution in [2.45, 2.75) is 13.0 Å². The summed E-state index contributed by atoms with van der Waals surface area (Å²) in [5.41, 5.74) is 4.34. The van der Waals surface area contributed by atoms with E-state index in [0.717, 1.165) is 37.0 Å². The summed E-state index contributed by atoms with van der Waals surface area (Å²) in [7, 11) is 6.05. The molecule has 2 aromatic rings. The van der Waals surface area contributed by atoms with E-state index in [4.69, 9.17) is 4.74 Å². The number of carbonyl (C=O) groups is 1. The molecule has 0 aliphatic carbocycles. The van der Waals surface area contributed by atoms with Crippen LogP contribution in [0.4, 0.5) is 0 Å². The van der Waals surface area contributed by atoms with Crippen LogP contribution in [-0.4, -0.2) is 61.6 Å². The number of hydrogen-bond acceptors (Lipinski definition) is 4. The standard InChI is InChI=1S/C17H23N3O2/c1-19(2)8-9-22-17(21)12-4-5-15-13(10-12)14-11-20(3)7-6-16(14)18-15/h4-5,10,18H,6-9,11H2,1-3H3. The number of hydrogen-bond donors (Lipinski definition) is 1. The monoisotopic (exact) mass is 301 g/mol. The average Bonchev–Trinajstić information content (AvgIpc) is 2.84. The zero-order chi connectivity index (χ0) is 15.7. The molecule has 0 amide bonds. The number of ether oxygens (including phenoxy) is 1. The number of H-pyrrole nitrogens is 1. The lowest BCUT2D eigenvalue weighted by atomic mass is 10.0. The largest absolute Gasteiger partial charge is 0.461 e. The normalized spacial score (nSPS) is 15.3. The van der Waals surface area contributed by atoms with Crippen LogP contribution in [0.15, 0.2) is 18.2 Å². The Balaban J connectivity index is 1.83. The van der Waals surface area contributed by atoms with Gasteiger partial charge in [0, 0.05) is 42.7 Å². The molecule has 22 heavy (non-hydrogen) atoms. The topological polar surface area (TPSA) is 48.6 Å². The molecule has 0 bridgehead atoms. The van der Waals surface area contributed by atoms with Gasteiger partial charge in [-0.2, -0.15) is 0 Å². The highest BCUT2D eigenvalue weighted by Crippen LogP contribution is 2.28. The van der Waals surface area contributed by atoms with Crippen molar-refractivity contribution in [3.8, 4) is 0 Å². The third-order valence-corrected chi connectivity index (χ3v) is 4.17. The molecular formula is C17H23N3O2. The second-order valence-electron chi connectivity index (χ2n) is 6.27. The van der Waals surface area contributed by atoms with E-state index in [1.807, 2.05) is 37.2 Å². The summed E-state index contributed by atoms with van der Waals surface area (Å²) in [6.45, 7) is 3.14. The molecule has 1 aromatic heterocycles. The fourth-order valence-electron chi connectivity index (χ4n) is 2.88. The first-order chi connectivity index (χ1) is 10.5. The number of rotatable bonds is 4. The molecular weight excluding hydrogens is 278 g/mol. The summed E-state index contributed by atoms with van der Waals surface area (Å²) < 4.78 is 5.33. The molecule has 0 spiro atoms. The van der Waals surface area contributed by atoms with Crippen LogP contribution in [0.25, 0.3) is 10.9 Å². The van der Waals surface area contributed by atoms with Gasteiger partial charge in [-0.3, -0.25) is 0 Å². The summed E-state index contributed by atoms with van der Waals surface area (Å²) in [5.74, 6) is -0.247. The SMILES string of the molecule is CN(C)CCOC(=O)c1ccc2[nH]c3c(c2c1)CN(C)CC3. The van der Waals surface area contributed by atoms with Gasteiger partial charge in [-0.05, 0) is 44.9 Å². The van der Waals surface area contributed by atoms with Gasteiger partial charge in [-0.15, -0.1) is 0 Å². The Labute approximate surface area is 130 Å². The molecule has 0 atom stereocenters. The minimum atomic E-state index is -0.247. The number of benzene rings is 1. The van der Waals surface area contributed by atoms with Crippen molar-refractivity contribution in [1.82, 2.24) is 14.8 Å². The fraction of sp³-hybridized carbons (Fsp3) is 0.471. The van der Waals surface area contributed by atoms with E-state index in [-0.39, 0.29) is 5.97 Å². The second kappa shape index (κ2) is 6.10. The molecule has 0 saturated heterocycles. The van der Waals surface area contributed by atoms with E-state index in [1.165, 1.54) is 11.3 Å². The maximum Gasteiger partial charge on any atom is 0.338 e. The van der Waals surface area contributed by atoms with Crippen LogP contribution in [-0.2, 0) is 17.7 Å². The van der Waals surface area contributed by atoms with Gasteiger partial charge in [0.1, 0.15) is 6.61 Å². The highest BCUT2D eigenvalue weighted by atomic mass is 16.5. The highest BCUT2D eigenvalue weighted by molar-refractivity contribution is 5.96. The van der Waals surface area contributed by atoms with Gasteiger partial charge in [-0.25, -0.2) is 4.79 Å². The summed E-state index contributed by atoms with van der Waals surface area (Å²) in [4.78, 5) is 19.9. The Hall–Kier alpha value is -1.85. The first kappa shape index (κ1) is 15.1. The van der Waals surface area contributed by atoms with Crippen molar-refractivity contribution in [2.24, 2.45) is 0 Å². The van der Waals surface area contributed by atoms with E-state index < -0.39 is 0 Å². The van der Waals surface area contributed by atoms with Crippen LogP contribution in [0, 0.1) is 0 Å².